The molecule has 2 aromatic rings. The van der Waals surface area contributed by atoms with Gasteiger partial charge in [-0.1, -0.05) is 0 Å². The maximum atomic E-state index is 4.40. The molecule has 0 aromatic carbocycles. The second-order valence-electron chi connectivity index (χ2n) is 3.58. The molecule has 0 aliphatic rings. The van der Waals surface area contributed by atoms with Crippen LogP contribution in [0, 0.1) is 13.8 Å². The van der Waals surface area contributed by atoms with Crippen molar-refractivity contribution in [2.75, 3.05) is 5.32 Å². The molecule has 0 radical (unpaired) electrons. The van der Waals surface area contributed by atoms with Gasteiger partial charge in [-0.3, -0.25) is 4.98 Å². The second kappa shape index (κ2) is 4.61. The maximum absolute atomic E-state index is 4.40. The van der Waals surface area contributed by atoms with Crippen LogP contribution in [-0.4, -0.2) is 9.97 Å². The molecule has 2 heterocycles. The first-order chi connectivity index (χ1) is 7.65. The van der Waals surface area contributed by atoms with E-state index >= 15 is 0 Å². The van der Waals surface area contributed by atoms with Crippen LogP contribution in [0.25, 0.3) is 0 Å². The van der Waals surface area contributed by atoms with Crippen molar-refractivity contribution >= 4 is 27.4 Å². The SMILES string of the molecule is Cc1ccc(Nc2ccc(Br)c(C)n2)cn1. The molecular formula is C12H12BrN3. The zero-order valence-electron chi connectivity index (χ0n) is 9.16. The molecule has 2 rings (SSSR count). The van der Waals surface area contributed by atoms with E-state index in [4.69, 9.17) is 0 Å². The highest BCUT2D eigenvalue weighted by atomic mass is 79.9. The first-order valence-corrected chi connectivity index (χ1v) is 5.77. The van der Waals surface area contributed by atoms with E-state index in [1.165, 1.54) is 0 Å². The third-order valence-corrected chi connectivity index (χ3v) is 3.04. The highest BCUT2D eigenvalue weighted by Gasteiger charge is 1.99. The van der Waals surface area contributed by atoms with E-state index in [2.05, 4.69) is 31.2 Å². The van der Waals surface area contributed by atoms with Crippen LogP contribution in [-0.2, 0) is 0 Å². The molecule has 0 unspecified atom stereocenters. The molecule has 16 heavy (non-hydrogen) atoms. The Hall–Kier alpha value is -1.42. The Kier molecular flexibility index (Phi) is 3.19. The van der Waals surface area contributed by atoms with Gasteiger partial charge in [0.05, 0.1) is 17.6 Å². The lowest BCUT2D eigenvalue weighted by molar-refractivity contribution is 1.16. The minimum Gasteiger partial charge on any atom is -0.339 e. The Morgan fingerprint density at radius 1 is 1.12 bits per heavy atom. The van der Waals surface area contributed by atoms with Crippen LogP contribution in [0.3, 0.4) is 0 Å². The highest BCUT2D eigenvalue weighted by Crippen LogP contribution is 2.19. The van der Waals surface area contributed by atoms with Crippen LogP contribution in [0.5, 0.6) is 0 Å². The Bertz CT molecular complexity index is 494. The van der Waals surface area contributed by atoms with E-state index in [9.17, 15) is 0 Å². The molecule has 0 saturated carbocycles. The number of nitrogens with one attached hydrogen (secondary N) is 1. The number of hydrogen-bond acceptors (Lipinski definition) is 3. The summed E-state index contributed by atoms with van der Waals surface area (Å²) in [7, 11) is 0. The van der Waals surface area contributed by atoms with E-state index < -0.39 is 0 Å². The summed E-state index contributed by atoms with van der Waals surface area (Å²) in [6, 6.07) is 7.86. The van der Waals surface area contributed by atoms with Gasteiger partial charge in [-0.15, -0.1) is 0 Å². The van der Waals surface area contributed by atoms with Gasteiger partial charge in [-0.05, 0) is 54.0 Å². The number of rotatable bonds is 2. The topological polar surface area (TPSA) is 37.8 Å². The summed E-state index contributed by atoms with van der Waals surface area (Å²) in [6.45, 7) is 3.93. The number of aromatic nitrogens is 2. The van der Waals surface area contributed by atoms with Gasteiger partial charge in [0.25, 0.3) is 0 Å². The van der Waals surface area contributed by atoms with Crippen molar-refractivity contribution in [3.63, 3.8) is 0 Å². The minimum atomic E-state index is 0.825. The van der Waals surface area contributed by atoms with Gasteiger partial charge in [-0.25, -0.2) is 4.98 Å². The predicted molar refractivity (Wildman–Crippen MR) is 68.9 cm³/mol. The number of halogens is 1. The minimum absolute atomic E-state index is 0.825. The molecule has 0 aliphatic carbocycles. The number of hydrogen-bond donors (Lipinski definition) is 1. The Morgan fingerprint density at radius 2 is 1.94 bits per heavy atom. The average Bonchev–Trinajstić information content (AvgIpc) is 2.27. The van der Waals surface area contributed by atoms with Crippen LogP contribution in [0.2, 0.25) is 0 Å². The van der Waals surface area contributed by atoms with Crippen LogP contribution in [0.1, 0.15) is 11.4 Å². The van der Waals surface area contributed by atoms with E-state index in [0.29, 0.717) is 0 Å². The largest absolute Gasteiger partial charge is 0.339 e. The van der Waals surface area contributed by atoms with Gasteiger partial charge < -0.3 is 5.32 Å². The number of aryl methyl sites for hydroxylation is 2. The summed E-state index contributed by atoms with van der Waals surface area (Å²) in [6.07, 6.45) is 1.80. The van der Waals surface area contributed by atoms with E-state index in [0.717, 1.165) is 27.4 Å². The third kappa shape index (κ3) is 2.58. The predicted octanol–water partition coefficient (Wildman–Crippen LogP) is 3.60. The van der Waals surface area contributed by atoms with Crippen molar-refractivity contribution < 1.29 is 0 Å². The fourth-order valence-corrected chi connectivity index (χ4v) is 1.52. The summed E-state index contributed by atoms with van der Waals surface area (Å²) in [4.78, 5) is 8.62. The maximum Gasteiger partial charge on any atom is 0.130 e. The van der Waals surface area contributed by atoms with E-state index in [1.54, 1.807) is 6.20 Å². The summed E-state index contributed by atoms with van der Waals surface area (Å²) in [5.74, 6) is 0.825. The van der Waals surface area contributed by atoms with Crippen molar-refractivity contribution in [3.05, 3.63) is 46.3 Å². The summed E-state index contributed by atoms with van der Waals surface area (Å²) < 4.78 is 1.01. The Morgan fingerprint density at radius 3 is 2.56 bits per heavy atom. The van der Waals surface area contributed by atoms with Crippen LogP contribution in [0.15, 0.2) is 34.9 Å². The zero-order valence-corrected chi connectivity index (χ0v) is 10.7. The number of nitrogens with zero attached hydrogens (tertiary/aromatic N) is 2. The van der Waals surface area contributed by atoms with Gasteiger partial charge in [0.15, 0.2) is 0 Å². The Labute approximate surface area is 103 Å². The molecule has 4 heteroatoms. The molecule has 1 N–H and O–H groups in total. The van der Waals surface area contributed by atoms with Gasteiger partial charge in [0, 0.05) is 10.2 Å². The molecule has 0 amide bonds. The molecule has 3 nitrogen and oxygen atoms in total. The molecule has 0 fully saturated rings. The molecular weight excluding hydrogens is 266 g/mol. The number of anilines is 2. The zero-order chi connectivity index (χ0) is 11.5. The van der Waals surface area contributed by atoms with Crippen LogP contribution in [0.4, 0.5) is 11.5 Å². The molecule has 0 atom stereocenters. The fourth-order valence-electron chi connectivity index (χ4n) is 1.30. The molecule has 0 aliphatic heterocycles. The van der Waals surface area contributed by atoms with Crippen molar-refractivity contribution in [2.24, 2.45) is 0 Å². The summed E-state index contributed by atoms with van der Waals surface area (Å²) in [5.41, 5.74) is 2.91. The van der Waals surface area contributed by atoms with Crippen molar-refractivity contribution in [1.29, 1.82) is 0 Å². The van der Waals surface area contributed by atoms with Crippen molar-refractivity contribution in [2.45, 2.75) is 13.8 Å². The van der Waals surface area contributed by atoms with Crippen molar-refractivity contribution in [1.82, 2.24) is 9.97 Å². The Balaban J connectivity index is 2.20. The first kappa shape index (κ1) is 11.1. The normalized spacial score (nSPS) is 10.2. The highest BCUT2D eigenvalue weighted by molar-refractivity contribution is 9.10. The smallest absolute Gasteiger partial charge is 0.130 e. The average molecular weight is 278 g/mol. The summed E-state index contributed by atoms with van der Waals surface area (Å²) >= 11 is 3.42. The molecule has 82 valence electrons. The second-order valence-corrected chi connectivity index (χ2v) is 4.43. The lowest BCUT2D eigenvalue weighted by atomic mass is 10.3. The van der Waals surface area contributed by atoms with Gasteiger partial charge in [0.1, 0.15) is 5.82 Å². The fraction of sp³-hybridized carbons (Fsp3) is 0.167. The van der Waals surface area contributed by atoms with Gasteiger partial charge in [-0.2, -0.15) is 0 Å². The van der Waals surface area contributed by atoms with Gasteiger partial charge in [0.2, 0.25) is 0 Å². The monoisotopic (exact) mass is 277 g/mol. The van der Waals surface area contributed by atoms with E-state index in [-0.39, 0.29) is 0 Å². The first-order valence-electron chi connectivity index (χ1n) is 4.98. The quantitative estimate of drug-likeness (QED) is 0.912. The number of pyridine rings is 2. The van der Waals surface area contributed by atoms with Gasteiger partial charge >= 0.3 is 0 Å². The van der Waals surface area contributed by atoms with Crippen LogP contribution >= 0.6 is 15.9 Å². The summed E-state index contributed by atoms with van der Waals surface area (Å²) in [5, 5.41) is 3.20. The van der Waals surface area contributed by atoms with E-state index in [1.807, 2.05) is 38.1 Å². The molecule has 0 bridgehead atoms. The lowest BCUT2D eigenvalue weighted by Crippen LogP contribution is -1.96. The van der Waals surface area contributed by atoms with Crippen molar-refractivity contribution in [3.8, 4) is 0 Å². The molecule has 2 aromatic heterocycles. The third-order valence-electron chi connectivity index (χ3n) is 2.21. The van der Waals surface area contributed by atoms with Crippen LogP contribution < -0.4 is 5.32 Å². The molecule has 0 saturated heterocycles. The molecule has 0 spiro atoms. The lowest BCUT2D eigenvalue weighted by Gasteiger charge is -2.06. The standard InChI is InChI=1S/C12H12BrN3/c1-8-3-4-10(7-14-8)16-12-6-5-11(13)9(2)15-12/h3-7H,1-2H3,(H,15,16).